The second kappa shape index (κ2) is 4.75. The first-order valence-corrected chi connectivity index (χ1v) is 8.93. The summed E-state index contributed by atoms with van der Waals surface area (Å²) in [6.07, 6.45) is 7.50. The van der Waals surface area contributed by atoms with Gasteiger partial charge in [-0.05, 0) is 74.3 Å². The maximum Gasteiger partial charge on any atom is 0.319 e. The van der Waals surface area contributed by atoms with Crippen LogP contribution < -0.4 is 10.6 Å². The van der Waals surface area contributed by atoms with Crippen LogP contribution in [-0.2, 0) is 0 Å². The average Bonchev–Trinajstić information content (AvgIpc) is 2.36. The quantitative estimate of drug-likeness (QED) is 0.804. The van der Waals surface area contributed by atoms with E-state index in [9.17, 15) is 4.79 Å². The van der Waals surface area contributed by atoms with Crippen LogP contribution >= 0.6 is 0 Å². The molecular weight excluding hydrogens is 284 g/mol. The number of carbonyl (C=O) groups excluding carboxylic acids is 1. The molecule has 2 N–H and O–H groups in total. The third kappa shape index (κ3) is 2.75. The van der Waals surface area contributed by atoms with Gasteiger partial charge in [0.25, 0.3) is 0 Å². The highest BCUT2D eigenvalue weighted by Crippen LogP contribution is 2.66. The number of nitrogens with one attached hydrogen (secondary N) is 2. The van der Waals surface area contributed by atoms with Crippen molar-refractivity contribution in [1.29, 1.82) is 0 Å². The van der Waals surface area contributed by atoms with E-state index >= 15 is 0 Å². The first-order chi connectivity index (χ1) is 10.8. The number of urea groups is 1. The molecule has 1 aromatic carbocycles. The van der Waals surface area contributed by atoms with Gasteiger partial charge in [0, 0.05) is 11.2 Å². The van der Waals surface area contributed by atoms with E-state index in [4.69, 9.17) is 0 Å². The number of hydrogen-bond acceptors (Lipinski definition) is 1. The standard InChI is InChI=1S/C20H28N2O/c1-14-4-6-16(7-5-14)21-17(23)22-20-10-15-8-18(2,12-20)11-19(3,9-15)13-20/h4-7,15H,8-13H2,1-3H3,(H2,21,22,23). The monoisotopic (exact) mass is 312 g/mol. The van der Waals surface area contributed by atoms with Crippen LogP contribution in [0.2, 0.25) is 0 Å². The van der Waals surface area contributed by atoms with Gasteiger partial charge in [-0.1, -0.05) is 31.5 Å². The molecular formula is C20H28N2O. The molecule has 23 heavy (non-hydrogen) atoms. The molecule has 0 aromatic heterocycles. The fraction of sp³-hybridized carbons (Fsp3) is 0.650. The summed E-state index contributed by atoms with van der Waals surface area (Å²) in [5.74, 6) is 0.793. The fourth-order valence-electron chi connectivity index (χ4n) is 6.63. The Morgan fingerprint density at radius 1 is 1.00 bits per heavy atom. The van der Waals surface area contributed by atoms with Crippen LogP contribution in [0.1, 0.15) is 57.9 Å². The number of rotatable bonds is 2. The largest absolute Gasteiger partial charge is 0.332 e. The first kappa shape index (κ1) is 15.0. The Hall–Kier alpha value is -1.51. The summed E-state index contributed by atoms with van der Waals surface area (Å²) in [4.78, 5) is 12.6. The zero-order valence-corrected chi connectivity index (χ0v) is 14.5. The molecule has 3 heteroatoms. The maximum absolute atomic E-state index is 12.6. The SMILES string of the molecule is Cc1ccc(NC(=O)NC23CC4CC(C)(CC(C)(C4)C2)C3)cc1. The summed E-state index contributed by atoms with van der Waals surface area (Å²) < 4.78 is 0. The molecule has 5 rings (SSSR count). The minimum Gasteiger partial charge on any atom is -0.332 e. The molecule has 2 unspecified atom stereocenters. The number of carbonyl (C=O) groups is 1. The highest BCUT2D eigenvalue weighted by Gasteiger charge is 2.60. The van der Waals surface area contributed by atoms with Crippen LogP contribution in [0.15, 0.2) is 24.3 Å². The molecule has 3 nitrogen and oxygen atoms in total. The molecule has 1 aromatic rings. The Balaban J connectivity index is 1.49. The molecule has 4 aliphatic carbocycles. The van der Waals surface area contributed by atoms with Gasteiger partial charge in [-0.2, -0.15) is 0 Å². The minimum absolute atomic E-state index is 0.0116. The van der Waals surface area contributed by atoms with Crippen molar-refractivity contribution in [2.45, 2.75) is 64.8 Å². The number of amides is 2. The van der Waals surface area contributed by atoms with Crippen LogP contribution in [0.25, 0.3) is 0 Å². The van der Waals surface area contributed by atoms with Gasteiger partial charge in [0.15, 0.2) is 0 Å². The van der Waals surface area contributed by atoms with Crippen LogP contribution in [0.5, 0.6) is 0 Å². The maximum atomic E-state index is 12.6. The van der Waals surface area contributed by atoms with Crippen molar-refractivity contribution in [3.63, 3.8) is 0 Å². The smallest absolute Gasteiger partial charge is 0.319 e. The van der Waals surface area contributed by atoms with E-state index in [1.165, 1.54) is 31.2 Å². The number of aryl methyl sites for hydroxylation is 1. The van der Waals surface area contributed by atoms with Gasteiger partial charge >= 0.3 is 6.03 Å². The summed E-state index contributed by atoms with van der Waals surface area (Å²) >= 11 is 0. The lowest BCUT2D eigenvalue weighted by Gasteiger charge is -2.65. The van der Waals surface area contributed by atoms with Gasteiger partial charge in [0.1, 0.15) is 0 Å². The molecule has 0 saturated heterocycles. The summed E-state index contributed by atoms with van der Waals surface area (Å²) in [5, 5.41) is 6.41. The van der Waals surface area contributed by atoms with Crippen molar-refractivity contribution in [3.8, 4) is 0 Å². The second-order valence-corrected chi connectivity index (χ2v) is 9.36. The molecule has 4 bridgehead atoms. The highest BCUT2D eigenvalue weighted by atomic mass is 16.2. The van der Waals surface area contributed by atoms with E-state index in [-0.39, 0.29) is 11.6 Å². The van der Waals surface area contributed by atoms with E-state index in [1.807, 2.05) is 24.3 Å². The van der Waals surface area contributed by atoms with Crippen LogP contribution in [0.3, 0.4) is 0 Å². The molecule has 4 fully saturated rings. The first-order valence-electron chi connectivity index (χ1n) is 8.93. The summed E-state index contributed by atoms with van der Waals surface area (Å²) in [6.45, 7) is 6.93. The van der Waals surface area contributed by atoms with Crippen molar-refractivity contribution < 1.29 is 4.79 Å². The molecule has 4 saturated carbocycles. The van der Waals surface area contributed by atoms with E-state index in [1.54, 1.807) is 0 Å². The van der Waals surface area contributed by atoms with Gasteiger partial charge in [0.05, 0.1) is 0 Å². The van der Waals surface area contributed by atoms with Crippen molar-refractivity contribution in [2.75, 3.05) is 5.32 Å². The lowest BCUT2D eigenvalue weighted by atomic mass is 9.43. The molecule has 0 aliphatic heterocycles. The Morgan fingerprint density at radius 3 is 2.17 bits per heavy atom. The predicted molar refractivity (Wildman–Crippen MR) is 93.5 cm³/mol. The zero-order chi connectivity index (χ0) is 16.3. The summed E-state index contributed by atoms with van der Waals surface area (Å²) in [5.41, 5.74) is 2.93. The van der Waals surface area contributed by atoms with Crippen molar-refractivity contribution >= 4 is 11.7 Å². The van der Waals surface area contributed by atoms with Crippen molar-refractivity contribution in [1.82, 2.24) is 5.32 Å². The lowest BCUT2D eigenvalue weighted by Crippen LogP contribution is -2.65. The van der Waals surface area contributed by atoms with Gasteiger partial charge in [-0.25, -0.2) is 4.79 Å². The van der Waals surface area contributed by atoms with E-state index in [2.05, 4.69) is 31.4 Å². The number of hydrogen-bond donors (Lipinski definition) is 2. The van der Waals surface area contributed by atoms with E-state index < -0.39 is 0 Å². The Bertz CT molecular complexity index is 618. The molecule has 0 spiro atoms. The van der Waals surface area contributed by atoms with Gasteiger partial charge in [-0.15, -0.1) is 0 Å². The highest BCUT2D eigenvalue weighted by molar-refractivity contribution is 5.89. The Kier molecular flexibility index (Phi) is 3.11. The summed E-state index contributed by atoms with van der Waals surface area (Å²) in [6, 6.07) is 7.96. The molecule has 0 radical (unpaired) electrons. The molecule has 4 aliphatic rings. The van der Waals surface area contributed by atoms with E-state index in [0.717, 1.165) is 24.4 Å². The molecule has 0 heterocycles. The molecule has 2 amide bonds. The lowest BCUT2D eigenvalue weighted by molar-refractivity contribution is -0.113. The topological polar surface area (TPSA) is 41.1 Å². The number of anilines is 1. The summed E-state index contributed by atoms with van der Waals surface area (Å²) in [7, 11) is 0. The minimum atomic E-state index is -0.0389. The van der Waals surface area contributed by atoms with Crippen LogP contribution in [-0.4, -0.2) is 11.6 Å². The predicted octanol–water partition coefficient (Wildman–Crippen LogP) is 4.87. The molecule has 124 valence electrons. The van der Waals surface area contributed by atoms with Crippen molar-refractivity contribution in [3.05, 3.63) is 29.8 Å². The normalized spacial score (nSPS) is 40.9. The third-order valence-corrected chi connectivity index (χ3v) is 6.31. The van der Waals surface area contributed by atoms with Crippen molar-refractivity contribution in [2.24, 2.45) is 16.7 Å². The molecule has 2 atom stereocenters. The third-order valence-electron chi connectivity index (χ3n) is 6.31. The van der Waals surface area contributed by atoms with Gasteiger partial charge in [0.2, 0.25) is 0 Å². The fourth-order valence-corrected chi connectivity index (χ4v) is 6.63. The van der Waals surface area contributed by atoms with Crippen LogP contribution in [0, 0.1) is 23.7 Å². The van der Waals surface area contributed by atoms with E-state index in [0.29, 0.717) is 10.8 Å². The average molecular weight is 312 g/mol. The zero-order valence-electron chi connectivity index (χ0n) is 14.5. The van der Waals surface area contributed by atoms with Gasteiger partial charge in [-0.3, -0.25) is 0 Å². The Labute approximate surface area is 139 Å². The van der Waals surface area contributed by atoms with Gasteiger partial charge < -0.3 is 10.6 Å². The van der Waals surface area contributed by atoms with Crippen LogP contribution in [0.4, 0.5) is 10.5 Å². The Morgan fingerprint density at radius 2 is 1.61 bits per heavy atom. The second-order valence-electron chi connectivity index (χ2n) is 9.36. The number of benzene rings is 1.